The van der Waals surface area contributed by atoms with Crippen LogP contribution in [0.4, 0.5) is 0 Å². The SMILES string of the molecule is CC(C)n1cncc1CNC1(C)CCCOC1. The van der Waals surface area contributed by atoms with Crippen LogP contribution in [-0.4, -0.2) is 28.3 Å². The van der Waals surface area contributed by atoms with Gasteiger partial charge in [-0.2, -0.15) is 0 Å². The number of ether oxygens (including phenoxy) is 1. The summed E-state index contributed by atoms with van der Waals surface area (Å²) in [6, 6.07) is 0.463. The Morgan fingerprint density at radius 1 is 1.59 bits per heavy atom. The average Bonchev–Trinajstić information content (AvgIpc) is 2.76. The van der Waals surface area contributed by atoms with Crippen molar-refractivity contribution in [2.24, 2.45) is 0 Å². The first kappa shape index (κ1) is 12.6. The van der Waals surface area contributed by atoms with Gasteiger partial charge in [0.05, 0.1) is 18.6 Å². The molecule has 1 atom stereocenters. The molecule has 1 N–H and O–H groups in total. The van der Waals surface area contributed by atoms with Crippen molar-refractivity contribution < 1.29 is 4.74 Å². The van der Waals surface area contributed by atoms with E-state index in [4.69, 9.17) is 4.74 Å². The van der Waals surface area contributed by atoms with Gasteiger partial charge in [0, 0.05) is 30.9 Å². The van der Waals surface area contributed by atoms with E-state index >= 15 is 0 Å². The maximum atomic E-state index is 5.55. The van der Waals surface area contributed by atoms with Gasteiger partial charge in [-0.3, -0.25) is 0 Å². The molecule has 0 saturated carbocycles. The number of rotatable bonds is 4. The number of nitrogens with zero attached hydrogens (tertiary/aromatic N) is 2. The fourth-order valence-corrected chi connectivity index (χ4v) is 2.31. The summed E-state index contributed by atoms with van der Waals surface area (Å²) in [6.07, 6.45) is 6.18. The highest BCUT2D eigenvalue weighted by atomic mass is 16.5. The van der Waals surface area contributed by atoms with Gasteiger partial charge in [-0.05, 0) is 33.6 Å². The lowest BCUT2D eigenvalue weighted by Crippen LogP contribution is -2.48. The first-order valence-electron chi connectivity index (χ1n) is 6.44. The smallest absolute Gasteiger partial charge is 0.0951 e. The molecule has 4 heteroatoms. The molecule has 1 aromatic rings. The van der Waals surface area contributed by atoms with Gasteiger partial charge in [0.2, 0.25) is 0 Å². The van der Waals surface area contributed by atoms with E-state index in [1.165, 1.54) is 12.1 Å². The lowest BCUT2D eigenvalue weighted by molar-refractivity contribution is 0.0275. The third-order valence-corrected chi connectivity index (χ3v) is 3.44. The van der Waals surface area contributed by atoms with Crippen LogP contribution in [0.25, 0.3) is 0 Å². The number of hydrogen-bond donors (Lipinski definition) is 1. The molecular weight excluding hydrogens is 214 g/mol. The number of hydrogen-bond acceptors (Lipinski definition) is 3. The van der Waals surface area contributed by atoms with E-state index in [0.717, 1.165) is 26.2 Å². The molecule has 2 rings (SSSR count). The lowest BCUT2D eigenvalue weighted by atomic mass is 9.95. The summed E-state index contributed by atoms with van der Waals surface area (Å²) >= 11 is 0. The summed E-state index contributed by atoms with van der Waals surface area (Å²) in [5.41, 5.74) is 1.36. The van der Waals surface area contributed by atoms with Crippen LogP contribution in [0, 0.1) is 0 Å². The van der Waals surface area contributed by atoms with Gasteiger partial charge >= 0.3 is 0 Å². The van der Waals surface area contributed by atoms with Crippen molar-refractivity contribution >= 4 is 0 Å². The Morgan fingerprint density at radius 2 is 2.41 bits per heavy atom. The van der Waals surface area contributed by atoms with Crippen LogP contribution in [0.5, 0.6) is 0 Å². The zero-order valence-electron chi connectivity index (χ0n) is 11.1. The summed E-state index contributed by atoms with van der Waals surface area (Å²) in [4.78, 5) is 4.22. The number of aromatic nitrogens is 2. The fourth-order valence-electron chi connectivity index (χ4n) is 2.31. The molecule has 0 aliphatic carbocycles. The lowest BCUT2D eigenvalue weighted by Gasteiger charge is -2.34. The summed E-state index contributed by atoms with van der Waals surface area (Å²) in [5.74, 6) is 0. The molecule has 0 aromatic carbocycles. The second-order valence-electron chi connectivity index (χ2n) is 5.46. The highest BCUT2D eigenvalue weighted by Gasteiger charge is 2.27. The molecule has 0 amide bonds. The molecule has 1 unspecified atom stereocenters. The first-order chi connectivity index (χ1) is 8.11. The maximum absolute atomic E-state index is 5.55. The Kier molecular flexibility index (Phi) is 3.84. The van der Waals surface area contributed by atoms with Crippen molar-refractivity contribution in [2.45, 2.75) is 51.7 Å². The molecule has 1 fully saturated rings. The predicted molar refractivity (Wildman–Crippen MR) is 67.9 cm³/mol. The Bertz CT molecular complexity index is 353. The van der Waals surface area contributed by atoms with Crippen LogP contribution in [-0.2, 0) is 11.3 Å². The monoisotopic (exact) mass is 237 g/mol. The number of nitrogens with one attached hydrogen (secondary N) is 1. The van der Waals surface area contributed by atoms with Gasteiger partial charge in [0.15, 0.2) is 0 Å². The number of imidazole rings is 1. The highest BCUT2D eigenvalue weighted by molar-refractivity contribution is 5.01. The quantitative estimate of drug-likeness (QED) is 0.872. The predicted octanol–water partition coefficient (Wildman–Crippen LogP) is 2.12. The molecular formula is C13H23N3O. The molecule has 1 aromatic heterocycles. The molecule has 0 bridgehead atoms. The molecule has 4 nitrogen and oxygen atoms in total. The molecule has 1 aliphatic heterocycles. The summed E-state index contributed by atoms with van der Waals surface area (Å²) < 4.78 is 7.76. The second-order valence-corrected chi connectivity index (χ2v) is 5.46. The Morgan fingerprint density at radius 3 is 3.06 bits per heavy atom. The van der Waals surface area contributed by atoms with Gasteiger partial charge < -0.3 is 14.6 Å². The molecule has 0 radical (unpaired) electrons. The van der Waals surface area contributed by atoms with Gasteiger partial charge in [-0.15, -0.1) is 0 Å². The molecule has 0 spiro atoms. The van der Waals surface area contributed by atoms with Crippen molar-refractivity contribution in [3.8, 4) is 0 Å². The minimum atomic E-state index is 0.115. The van der Waals surface area contributed by atoms with Crippen LogP contribution < -0.4 is 5.32 Å². The molecule has 96 valence electrons. The zero-order chi connectivity index (χ0) is 12.3. The molecule has 2 heterocycles. The van der Waals surface area contributed by atoms with Crippen LogP contribution in [0.3, 0.4) is 0 Å². The van der Waals surface area contributed by atoms with Crippen molar-refractivity contribution in [1.82, 2.24) is 14.9 Å². The van der Waals surface area contributed by atoms with E-state index in [1.807, 2.05) is 12.5 Å². The van der Waals surface area contributed by atoms with Crippen LogP contribution in [0.15, 0.2) is 12.5 Å². The van der Waals surface area contributed by atoms with Crippen molar-refractivity contribution in [1.29, 1.82) is 0 Å². The Labute approximate surface area is 103 Å². The largest absolute Gasteiger partial charge is 0.380 e. The highest BCUT2D eigenvalue weighted by Crippen LogP contribution is 2.19. The van der Waals surface area contributed by atoms with Crippen molar-refractivity contribution in [3.05, 3.63) is 18.2 Å². The maximum Gasteiger partial charge on any atom is 0.0951 e. The van der Waals surface area contributed by atoms with Crippen LogP contribution in [0.2, 0.25) is 0 Å². The Hall–Kier alpha value is -0.870. The van der Waals surface area contributed by atoms with Gasteiger partial charge in [0.25, 0.3) is 0 Å². The second kappa shape index (κ2) is 5.19. The average molecular weight is 237 g/mol. The minimum absolute atomic E-state index is 0.115. The summed E-state index contributed by atoms with van der Waals surface area (Å²) in [5, 5.41) is 3.61. The van der Waals surface area contributed by atoms with E-state index in [0.29, 0.717) is 6.04 Å². The Balaban J connectivity index is 1.94. The van der Waals surface area contributed by atoms with E-state index in [1.54, 1.807) is 0 Å². The van der Waals surface area contributed by atoms with Crippen LogP contribution >= 0.6 is 0 Å². The summed E-state index contributed by atoms with van der Waals surface area (Å²) in [7, 11) is 0. The third kappa shape index (κ3) is 3.07. The van der Waals surface area contributed by atoms with Crippen LogP contribution in [0.1, 0.15) is 45.3 Å². The van der Waals surface area contributed by atoms with Gasteiger partial charge in [-0.25, -0.2) is 4.98 Å². The zero-order valence-corrected chi connectivity index (χ0v) is 11.1. The topological polar surface area (TPSA) is 39.1 Å². The normalized spacial score (nSPS) is 25.4. The van der Waals surface area contributed by atoms with E-state index < -0.39 is 0 Å². The van der Waals surface area contributed by atoms with Gasteiger partial charge in [-0.1, -0.05) is 0 Å². The fraction of sp³-hybridized carbons (Fsp3) is 0.769. The minimum Gasteiger partial charge on any atom is -0.380 e. The van der Waals surface area contributed by atoms with Crippen molar-refractivity contribution in [2.75, 3.05) is 13.2 Å². The summed E-state index contributed by atoms with van der Waals surface area (Å²) in [6.45, 7) is 9.16. The van der Waals surface area contributed by atoms with Gasteiger partial charge in [0.1, 0.15) is 0 Å². The molecule has 17 heavy (non-hydrogen) atoms. The van der Waals surface area contributed by atoms with E-state index in [2.05, 4.69) is 35.6 Å². The third-order valence-electron chi connectivity index (χ3n) is 3.44. The van der Waals surface area contributed by atoms with E-state index in [-0.39, 0.29) is 5.54 Å². The molecule has 1 aliphatic rings. The van der Waals surface area contributed by atoms with E-state index in [9.17, 15) is 0 Å². The standard InChI is InChI=1S/C13H23N3O/c1-11(2)16-10-14-7-12(16)8-15-13(3)5-4-6-17-9-13/h7,10-11,15H,4-6,8-9H2,1-3H3. The molecule has 1 saturated heterocycles. The van der Waals surface area contributed by atoms with Crippen molar-refractivity contribution in [3.63, 3.8) is 0 Å². The first-order valence-corrected chi connectivity index (χ1v) is 6.44.